The van der Waals surface area contributed by atoms with E-state index in [1.54, 1.807) is 36.0 Å². The maximum atomic E-state index is 12.1. The van der Waals surface area contributed by atoms with Gasteiger partial charge in [0.05, 0.1) is 5.75 Å². The summed E-state index contributed by atoms with van der Waals surface area (Å²) in [7, 11) is 1.56. The number of benzene rings is 1. The predicted octanol–water partition coefficient (Wildman–Crippen LogP) is 1.42. The second kappa shape index (κ2) is 8.44. The number of carbonyl (C=O) groups excluding carboxylic acids is 2. The molecule has 1 heterocycles. The zero-order valence-corrected chi connectivity index (χ0v) is 14.6. The Labute approximate surface area is 144 Å². The quantitative estimate of drug-likeness (QED) is 0.734. The number of tetrazole rings is 1. The fourth-order valence-electron chi connectivity index (χ4n) is 1.97. The first-order valence-corrected chi connectivity index (χ1v) is 8.49. The molecule has 0 aliphatic rings. The summed E-state index contributed by atoms with van der Waals surface area (Å²) >= 11 is 1.27. The van der Waals surface area contributed by atoms with Gasteiger partial charge in [0, 0.05) is 24.8 Å². The summed E-state index contributed by atoms with van der Waals surface area (Å²) in [6.07, 6.45) is 0. The van der Waals surface area contributed by atoms with Crippen molar-refractivity contribution in [2.75, 3.05) is 18.1 Å². The fraction of sp³-hybridized carbons (Fsp3) is 0.400. The molecule has 2 aromatic rings. The third kappa shape index (κ3) is 5.05. The Balaban J connectivity index is 1.92. The molecule has 0 aliphatic heterocycles. The number of anilines is 1. The van der Waals surface area contributed by atoms with E-state index in [-0.39, 0.29) is 17.6 Å². The lowest BCUT2D eigenvalue weighted by Gasteiger charge is -2.08. The summed E-state index contributed by atoms with van der Waals surface area (Å²) < 4.78 is 1.69. The van der Waals surface area contributed by atoms with E-state index in [9.17, 15) is 9.59 Å². The third-order valence-corrected chi connectivity index (χ3v) is 3.96. The Morgan fingerprint density at radius 2 is 2.12 bits per heavy atom. The Hall–Kier alpha value is -2.42. The van der Waals surface area contributed by atoms with Crippen LogP contribution in [-0.2, 0) is 11.3 Å². The van der Waals surface area contributed by atoms with Gasteiger partial charge in [-0.05, 0) is 34.5 Å². The SMILES string of the molecule is CNC(=O)c1cccc(NC(=O)CSc2nnnn2CC(C)C)c1. The van der Waals surface area contributed by atoms with Crippen LogP contribution in [0.5, 0.6) is 0 Å². The summed E-state index contributed by atoms with van der Waals surface area (Å²) in [6, 6.07) is 6.77. The molecule has 24 heavy (non-hydrogen) atoms. The summed E-state index contributed by atoms with van der Waals surface area (Å²) in [4.78, 5) is 23.7. The lowest BCUT2D eigenvalue weighted by Crippen LogP contribution is -2.19. The van der Waals surface area contributed by atoms with Crippen molar-refractivity contribution >= 4 is 29.3 Å². The number of hydrogen-bond donors (Lipinski definition) is 2. The van der Waals surface area contributed by atoms with Crippen molar-refractivity contribution in [2.45, 2.75) is 25.5 Å². The minimum absolute atomic E-state index is 0.183. The number of amides is 2. The van der Waals surface area contributed by atoms with Crippen LogP contribution in [0.4, 0.5) is 5.69 Å². The monoisotopic (exact) mass is 348 g/mol. The van der Waals surface area contributed by atoms with Gasteiger partial charge in [-0.1, -0.05) is 31.7 Å². The normalized spacial score (nSPS) is 10.7. The zero-order valence-electron chi connectivity index (χ0n) is 13.8. The van der Waals surface area contributed by atoms with Gasteiger partial charge in [-0.15, -0.1) is 5.10 Å². The van der Waals surface area contributed by atoms with Gasteiger partial charge >= 0.3 is 0 Å². The number of carbonyl (C=O) groups is 2. The molecule has 0 unspecified atom stereocenters. The van der Waals surface area contributed by atoms with Crippen LogP contribution in [-0.4, -0.2) is 44.8 Å². The van der Waals surface area contributed by atoms with E-state index in [1.165, 1.54) is 11.8 Å². The number of rotatable bonds is 7. The Morgan fingerprint density at radius 3 is 2.83 bits per heavy atom. The van der Waals surface area contributed by atoms with Crippen molar-refractivity contribution in [3.05, 3.63) is 29.8 Å². The smallest absolute Gasteiger partial charge is 0.251 e. The van der Waals surface area contributed by atoms with Gasteiger partial charge in [0.2, 0.25) is 11.1 Å². The maximum absolute atomic E-state index is 12.1. The van der Waals surface area contributed by atoms with Gasteiger partial charge < -0.3 is 10.6 Å². The average molecular weight is 348 g/mol. The van der Waals surface area contributed by atoms with Crippen molar-refractivity contribution in [3.8, 4) is 0 Å². The molecule has 8 nitrogen and oxygen atoms in total. The van der Waals surface area contributed by atoms with E-state index < -0.39 is 0 Å². The van der Waals surface area contributed by atoms with Crippen molar-refractivity contribution in [3.63, 3.8) is 0 Å². The lowest BCUT2D eigenvalue weighted by atomic mass is 10.2. The molecule has 9 heteroatoms. The number of thioether (sulfide) groups is 1. The molecule has 0 bridgehead atoms. The molecule has 128 valence electrons. The van der Waals surface area contributed by atoms with Gasteiger partial charge in [0.25, 0.3) is 5.91 Å². The summed E-state index contributed by atoms with van der Waals surface area (Å²) in [6.45, 7) is 4.84. The molecule has 2 amide bonds. The van der Waals surface area contributed by atoms with Crippen LogP contribution in [0.15, 0.2) is 29.4 Å². The van der Waals surface area contributed by atoms with Crippen molar-refractivity contribution in [1.29, 1.82) is 0 Å². The lowest BCUT2D eigenvalue weighted by molar-refractivity contribution is -0.113. The van der Waals surface area contributed by atoms with Crippen LogP contribution in [0, 0.1) is 5.92 Å². The number of nitrogens with one attached hydrogen (secondary N) is 2. The van der Waals surface area contributed by atoms with Crippen LogP contribution in [0.1, 0.15) is 24.2 Å². The molecule has 0 fully saturated rings. The summed E-state index contributed by atoms with van der Waals surface area (Å²) in [5.41, 5.74) is 1.06. The van der Waals surface area contributed by atoms with Crippen molar-refractivity contribution < 1.29 is 9.59 Å². The molecule has 0 spiro atoms. The Kier molecular flexibility index (Phi) is 6.30. The molecule has 0 saturated heterocycles. The van der Waals surface area contributed by atoms with Gasteiger partial charge in [-0.3, -0.25) is 9.59 Å². The van der Waals surface area contributed by atoms with Gasteiger partial charge in [-0.25, -0.2) is 4.68 Å². The van der Waals surface area contributed by atoms with Crippen LogP contribution in [0.25, 0.3) is 0 Å². The number of nitrogens with zero attached hydrogens (tertiary/aromatic N) is 4. The molecule has 0 saturated carbocycles. The molecule has 0 aliphatic carbocycles. The first-order chi connectivity index (χ1) is 11.5. The molecule has 2 rings (SSSR count). The van der Waals surface area contributed by atoms with Crippen molar-refractivity contribution in [1.82, 2.24) is 25.5 Å². The fourth-order valence-corrected chi connectivity index (χ4v) is 2.66. The Morgan fingerprint density at radius 1 is 1.33 bits per heavy atom. The molecule has 0 atom stereocenters. The van der Waals surface area contributed by atoms with E-state index in [0.29, 0.717) is 28.9 Å². The van der Waals surface area contributed by atoms with E-state index in [0.717, 1.165) is 0 Å². The van der Waals surface area contributed by atoms with E-state index in [2.05, 4.69) is 40.0 Å². The molecule has 2 N–H and O–H groups in total. The van der Waals surface area contributed by atoms with Crippen LogP contribution in [0.3, 0.4) is 0 Å². The van der Waals surface area contributed by atoms with Crippen LogP contribution in [0.2, 0.25) is 0 Å². The summed E-state index contributed by atoms with van der Waals surface area (Å²) in [5.74, 6) is 0.207. The predicted molar refractivity (Wildman–Crippen MR) is 91.8 cm³/mol. The highest BCUT2D eigenvalue weighted by Gasteiger charge is 2.12. The van der Waals surface area contributed by atoms with E-state index in [1.807, 2.05) is 0 Å². The minimum Gasteiger partial charge on any atom is -0.355 e. The topological polar surface area (TPSA) is 102 Å². The van der Waals surface area contributed by atoms with Crippen molar-refractivity contribution in [2.24, 2.45) is 5.92 Å². The molecular weight excluding hydrogens is 328 g/mol. The number of hydrogen-bond acceptors (Lipinski definition) is 6. The molecule has 1 aromatic heterocycles. The van der Waals surface area contributed by atoms with Crippen LogP contribution >= 0.6 is 11.8 Å². The first-order valence-electron chi connectivity index (χ1n) is 7.50. The highest BCUT2D eigenvalue weighted by Crippen LogP contribution is 2.16. The standard InChI is InChI=1S/C15H20N6O2S/c1-10(2)8-21-15(18-19-20-21)24-9-13(22)17-12-6-4-5-11(7-12)14(23)16-3/h4-7,10H,8-9H2,1-3H3,(H,16,23)(H,17,22). The molecule has 1 aromatic carbocycles. The minimum atomic E-state index is -0.201. The highest BCUT2D eigenvalue weighted by atomic mass is 32.2. The summed E-state index contributed by atoms with van der Waals surface area (Å²) in [5, 5.41) is 17.4. The van der Waals surface area contributed by atoms with E-state index >= 15 is 0 Å². The second-order valence-electron chi connectivity index (χ2n) is 5.53. The first kappa shape index (κ1) is 17.9. The maximum Gasteiger partial charge on any atom is 0.251 e. The van der Waals surface area contributed by atoms with Gasteiger partial charge in [0.1, 0.15) is 0 Å². The Bertz CT molecular complexity index is 715. The third-order valence-electron chi connectivity index (χ3n) is 3.01. The van der Waals surface area contributed by atoms with E-state index in [4.69, 9.17) is 0 Å². The van der Waals surface area contributed by atoms with Gasteiger partial charge in [0.15, 0.2) is 0 Å². The second-order valence-corrected chi connectivity index (χ2v) is 6.48. The zero-order chi connectivity index (χ0) is 17.5. The molecular formula is C15H20N6O2S. The molecule has 0 radical (unpaired) electrons. The largest absolute Gasteiger partial charge is 0.355 e. The van der Waals surface area contributed by atoms with Crippen LogP contribution < -0.4 is 10.6 Å². The van der Waals surface area contributed by atoms with Gasteiger partial charge in [-0.2, -0.15) is 0 Å². The number of aromatic nitrogens is 4. The highest BCUT2D eigenvalue weighted by molar-refractivity contribution is 7.99. The average Bonchev–Trinajstić information content (AvgIpc) is 2.98.